The third kappa shape index (κ3) is 20.4. The van der Waals surface area contributed by atoms with Crippen molar-refractivity contribution in [1.82, 2.24) is 59.7 Å². The lowest BCUT2D eigenvalue weighted by Gasteiger charge is -1.88. The summed E-state index contributed by atoms with van der Waals surface area (Å²) in [6.45, 7) is 17.7. The van der Waals surface area contributed by atoms with E-state index in [1.807, 2.05) is 81.4 Å². The van der Waals surface area contributed by atoms with Crippen molar-refractivity contribution < 1.29 is 4.42 Å². The first-order valence-corrected chi connectivity index (χ1v) is 13.0. The Morgan fingerprint density at radius 2 is 1.21 bits per heavy atom. The lowest BCUT2D eigenvalue weighted by Crippen LogP contribution is -1.93. The lowest BCUT2D eigenvalue weighted by atomic mass is 10.3. The molecule has 246 valence electrons. The lowest BCUT2D eigenvalue weighted by molar-refractivity contribution is 0.489. The molecular weight excluding hydrogens is 544 g/mol. The van der Waals surface area contributed by atoms with Gasteiger partial charge in [0.25, 0.3) is 0 Å². The fourth-order valence-corrected chi connectivity index (χ4v) is 2.80. The van der Waals surface area contributed by atoms with Gasteiger partial charge in [-0.05, 0) is 51.7 Å². The Labute approximate surface area is 260 Å². The largest absolute Gasteiger partial charge is 0.426 e. The minimum absolute atomic E-state index is 0. The second-order valence-corrected chi connectivity index (χ2v) is 8.54. The van der Waals surface area contributed by atoms with Gasteiger partial charge in [0, 0.05) is 65.8 Å². The number of nitrogens with zero attached hydrogens (tertiary/aromatic N) is 12. The Morgan fingerprint density at radius 3 is 1.42 bits per heavy atom. The van der Waals surface area contributed by atoms with E-state index in [1.165, 1.54) is 11.1 Å². The average molecular weight is 605 g/mol. The summed E-state index contributed by atoms with van der Waals surface area (Å²) in [5.74, 6) is 1.25. The van der Waals surface area contributed by atoms with Crippen LogP contribution in [-0.4, -0.2) is 59.7 Å². The van der Waals surface area contributed by atoms with Crippen molar-refractivity contribution in [2.24, 2.45) is 14.1 Å². The van der Waals surface area contributed by atoms with Gasteiger partial charge in [-0.3, -0.25) is 18.7 Å². The van der Waals surface area contributed by atoms with Crippen LogP contribution in [0.4, 0.5) is 0 Å². The van der Waals surface area contributed by atoms with E-state index in [0.29, 0.717) is 11.8 Å². The Bertz CT molecular complexity index is 1120. The maximum atomic E-state index is 4.86. The zero-order chi connectivity index (χ0) is 29.2. The number of aryl methyl sites for hydroxylation is 10. The summed E-state index contributed by atoms with van der Waals surface area (Å²) in [6.07, 6.45) is 13.7. The molecule has 0 aliphatic heterocycles. The smallest absolute Gasteiger partial charge is 0.213 e. The first kappa shape index (κ1) is 45.8. The molecule has 0 aliphatic carbocycles. The molecule has 5 heterocycles. The minimum atomic E-state index is 0. The highest BCUT2D eigenvalue weighted by Crippen LogP contribution is 1.95. The van der Waals surface area contributed by atoms with Crippen molar-refractivity contribution in [2.75, 3.05) is 0 Å². The third-order valence-corrected chi connectivity index (χ3v) is 4.87. The zero-order valence-electron chi connectivity index (χ0n) is 25.1. The maximum Gasteiger partial charge on any atom is 0.213 e. The van der Waals surface area contributed by atoms with Crippen LogP contribution in [-0.2, 0) is 40.0 Å². The molecule has 13 nitrogen and oxygen atoms in total. The Balaban J connectivity index is -0.000000216. The van der Waals surface area contributed by atoms with Gasteiger partial charge in [-0.1, -0.05) is 54.0 Å². The molecule has 0 bridgehead atoms. The van der Waals surface area contributed by atoms with Crippen molar-refractivity contribution >= 4 is 0 Å². The fraction of sp³-hybridized carbons (Fsp3) is 0.600. The van der Waals surface area contributed by atoms with E-state index in [1.54, 1.807) is 23.2 Å². The standard InChI is InChI=1S/2C6H10N2.2C5H9N3.C4H6N2O.4CH4/c1-3-6-4-7-8(2)5-6;1-3-8-5-6(2)4-7-8;1-3-5-4-8(2)7-6-5;1-3-8-4-5(2)6-7-8;1-3-5-6-4(2)7-3;;;;/h2*4-5H,3H2,1-2H3;2*4H,3H2,1-2H3;1-2H3;4*1H4. The number of rotatable bonds is 4. The van der Waals surface area contributed by atoms with Crippen molar-refractivity contribution in [3.05, 3.63) is 71.5 Å². The molecule has 0 radical (unpaired) electrons. The first-order chi connectivity index (χ1) is 18.6. The van der Waals surface area contributed by atoms with Crippen LogP contribution in [0.1, 0.15) is 91.7 Å². The molecule has 0 saturated heterocycles. The molecule has 13 heteroatoms. The summed E-state index contributed by atoms with van der Waals surface area (Å²) < 4.78 is 12.1. The maximum absolute atomic E-state index is 4.86. The van der Waals surface area contributed by atoms with Gasteiger partial charge in [-0.15, -0.1) is 20.4 Å². The number of aromatic nitrogens is 12. The van der Waals surface area contributed by atoms with Crippen molar-refractivity contribution in [3.63, 3.8) is 0 Å². The summed E-state index contributed by atoms with van der Waals surface area (Å²) in [5, 5.41) is 30.5. The highest BCUT2D eigenvalue weighted by Gasteiger charge is 1.91. The molecule has 0 atom stereocenters. The normalized spacial score (nSPS) is 8.79. The molecule has 0 fully saturated rings. The van der Waals surface area contributed by atoms with Crippen LogP contribution in [0.3, 0.4) is 0 Å². The summed E-state index contributed by atoms with van der Waals surface area (Å²) >= 11 is 0. The molecule has 5 rings (SSSR count). The van der Waals surface area contributed by atoms with E-state index >= 15 is 0 Å². The van der Waals surface area contributed by atoms with Crippen molar-refractivity contribution in [3.8, 4) is 0 Å². The summed E-state index contributed by atoms with van der Waals surface area (Å²) in [7, 11) is 3.80. The van der Waals surface area contributed by atoms with Gasteiger partial charge in [-0.2, -0.15) is 10.2 Å². The Hall–Kier alpha value is -4.16. The summed E-state index contributed by atoms with van der Waals surface area (Å²) in [5.41, 5.74) is 4.55. The molecular formula is C30H60N12O. The number of hydrogen-bond donors (Lipinski definition) is 0. The average Bonchev–Trinajstić information content (AvgIpc) is 3.75. The highest BCUT2D eigenvalue weighted by molar-refractivity contribution is 5.02. The Morgan fingerprint density at radius 1 is 0.605 bits per heavy atom. The predicted octanol–water partition coefficient (Wildman–Crippen LogP) is 6.41. The first-order valence-electron chi connectivity index (χ1n) is 13.0. The molecule has 0 aliphatic rings. The van der Waals surface area contributed by atoms with Gasteiger partial charge in [-0.25, -0.2) is 0 Å². The van der Waals surface area contributed by atoms with Crippen LogP contribution in [0, 0.1) is 27.7 Å². The monoisotopic (exact) mass is 605 g/mol. The predicted molar refractivity (Wildman–Crippen MR) is 177 cm³/mol. The molecule has 0 saturated carbocycles. The Kier molecular flexibility index (Phi) is 27.2. The molecule has 43 heavy (non-hydrogen) atoms. The van der Waals surface area contributed by atoms with Gasteiger partial charge in [0.2, 0.25) is 11.8 Å². The van der Waals surface area contributed by atoms with E-state index in [2.05, 4.69) is 61.8 Å². The number of hydrogen-bond acceptors (Lipinski definition) is 9. The van der Waals surface area contributed by atoms with E-state index in [-0.39, 0.29) is 29.7 Å². The van der Waals surface area contributed by atoms with E-state index in [9.17, 15) is 0 Å². The second-order valence-electron chi connectivity index (χ2n) is 8.54. The van der Waals surface area contributed by atoms with Crippen LogP contribution in [0.15, 0.2) is 41.6 Å². The fourth-order valence-electron chi connectivity index (χ4n) is 2.80. The molecule has 0 aromatic carbocycles. The van der Waals surface area contributed by atoms with Gasteiger partial charge in [0.05, 0.1) is 23.8 Å². The van der Waals surface area contributed by atoms with E-state index in [0.717, 1.165) is 37.3 Å². The van der Waals surface area contributed by atoms with Crippen molar-refractivity contribution in [1.29, 1.82) is 0 Å². The van der Waals surface area contributed by atoms with Crippen molar-refractivity contribution in [2.45, 2.75) is 111 Å². The molecule has 5 aromatic rings. The second kappa shape index (κ2) is 25.5. The van der Waals surface area contributed by atoms with Gasteiger partial charge >= 0.3 is 0 Å². The van der Waals surface area contributed by atoms with Gasteiger partial charge in [0.1, 0.15) is 0 Å². The summed E-state index contributed by atoms with van der Waals surface area (Å²) in [6, 6.07) is 0. The molecule has 5 aromatic heterocycles. The molecule has 0 unspecified atom stereocenters. The topological polar surface area (TPSA) is 136 Å². The quantitative estimate of drug-likeness (QED) is 0.228. The van der Waals surface area contributed by atoms with Crippen LogP contribution in [0.25, 0.3) is 0 Å². The summed E-state index contributed by atoms with van der Waals surface area (Å²) in [4.78, 5) is 0. The van der Waals surface area contributed by atoms with E-state index in [4.69, 9.17) is 4.42 Å². The van der Waals surface area contributed by atoms with Crippen LogP contribution < -0.4 is 0 Å². The van der Waals surface area contributed by atoms with Gasteiger partial charge < -0.3 is 4.42 Å². The van der Waals surface area contributed by atoms with E-state index < -0.39 is 0 Å². The minimum Gasteiger partial charge on any atom is -0.426 e. The van der Waals surface area contributed by atoms with Gasteiger partial charge in [0.15, 0.2) is 0 Å². The zero-order valence-corrected chi connectivity index (χ0v) is 25.1. The van der Waals surface area contributed by atoms with Crippen LogP contribution >= 0.6 is 0 Å². The van der Waals surface area contributed by atoms with Crippen LogP contribution in [0.2, 0.25) is 0 Å². The SMILES string of the molecule is C.C.C.C.CCc1cn(C)nn1.CCc1cnn(C)c1.CCn1cc(C)cn1.CCn1cc(C)nn1.Cc1nnc(C)o1. The van der Waals surface area contributed by atoms with Crippen LogP contribution in [0.5, 0.6) is 0 Å². The molecule has 0 amide bonds. The molecule has 0 N–H and O–H groups in total. The third-order valence-electron chi connectivity index (χ3n) is 4.87. The highest BCUT2D eigenvalue weighted by atomic mass is 16.4. The molecule has 0 spiro atoms.